The molecule has 1 saturated heterocycles. The van der Waals surface area contributed by atoms with Crippen molar-refractivity contribution in [3.05, 3.63) is 29.8 Å². The monoisotopic (exact) mass is 332 g/mol. The molecule has 1 unspecified atom stereocenters. The van der Waals surface area contributed by atoms with Gasteiger partial charge >= 0.3 is 0 Å². The summed E-state index contributed by atoms with van der Waals surface area (Å²) in [6, 6.07) is 7.49. The molecule has 21 heavy (non-hydrogen) atoms. The van der Waals surface area contributed by atoms with Gasteiger partial charge in [0.15, 0.2) is 9.84 Å². The topological polar surface area (TPSA) is 63.4 Å². The number of nitrogens with zero attached hydrogens (tertiary/aromatic N) is 1. The molecule has 1 aliphatic rings. The van der Waals surface area contributed by atoms with Gasteiger partial charge in [-0.2, -0.15) is 0 Å². The summed E-state index contributed by atoms with van der Waals surface area (Å²) in [5.74, 6) is 0.638. The Kier molecular flexibility index (Phi) is 6.66. The van der Waals surface area contributed by atoms with E-state index in [0.717, 1.165) is 38.0 Å². The maximum atomic E-state index is 11.4. The van der Waals surface area contributed by atoms with E-state index in [-0.39, 0.29) is 18.4 Å². The zero-order chi connectivity index (χ0) is 14.8. The van der Waals surface area contributed by atoms with Gasteiger partial charge in [-0.1, -0.05) is 12.1 Å². The van der Waals surface area contributed by atoms with E-state index in [0.29, 0.717) is 10.8 Å². The Morgan fingerprint density at radius 3 is 2.19 bits per heavy atom. The van der Waals surface area contributed by atoms with Crippen molar-refractivity contribution in [2.45, 2.75) is 37.2 Å². The first-order valence-corrected chi connectivity index (χ1v) is 9.02. The van der Waals surface area contributed by atoms with Crippen molar-refractivity contribution in [1.82, 2.24) is 4.90 Å². The molecule has 0 spiro atoms. The third-order valence-electron chi connectivity index (χ3n) is 4.13. The zero-order valence-corrected chi connectivity index (χ0v) is 14.3. The molecule has 0 aromatic heterocycles. The van der Waals surface area contributed by atoms with Crippen LogP contribution < -0.4 is 5.73 Å². The first kappa shape index (κ1) is 18.4. The van der Waals surface area contributed by atoms with E-state index < -0.39 is 9.84 Å². The minimum Gasteiger partial charge on any atom is -0.328 e. The van der Waals surface area contributed by atoms with E-state index in [1.807, 2.05) is 12.1 Å². The lowest BCUT2D eigenvalue weighted by Crippen LogP contribution is -2.39. The van der Waals surface area contributed by atoms with Gasteiger partial charge in [-0.25, -0.2) is 8.42 Å². The van der Waals surface area contributed by atoms with Crippen LogP contribution in [0.3, 0.4) is 0 Å². The summed E-state index contributed by atoms with van der Waals surface area (Å²) < 4.78 is 22.8. The predicted octanol–water partition coefficient (Wildman–Crippen LogP) is 2.07. The highest BCUT2D eigenvalue weighted by atomic mass is 35.5. The molecular formula is C15H25ClN2O2S. The van der Waals surface area contributed by atoms with Gasteiger partial charge in [0.05, 0.1) is 4.90 Å². The summed E-state index contributed by atoms with van der Waals surface area (Å²) in [4.78, 5) is 2.80. The largest absolute Gasteiger partial charge is 0.328 e. The van der Waals surface area contributed by atoms with Crippen LogP contribution in [0.4, 0.5) is 0 Å². The van der Waals surface area contributed by atoms with Crippen molar-refractivity contribution in [2.24, 2.45) is 11.7 Å². The molecule has 0 bridgehead atoms. The Morgan fingerprint density at radius 1 is 1.24 bits per heavy atom. The summed E-state index contributed by atoms with van der Waals surface area (Å²) >= 11 is 0. The van der Waals surface area contributed by atoms with Crippen molar-refractivity contribution < 1.29 is 8.42 Å². The molecular weight excluding hydrogens is 308 g/mol. The summed E-state index contributed by atoms with van der Waals surface area (Å²) in [7, 11) is -3.10. The van der Waals surface area contributed by atoms with Crippen LogP contribution in [-0.4, -0.2) is 38.7 Å². The second-order valence-corrected chi connectivity index (χ2v) is 7.90. The Balaban J connectivity index is 0.00000220. The van der Waals surface area contributed by atoms with Crippen LogP contribution in [0.2, 0.25) is 0 Å². The lowest BCUT2D eigenvalue weighted by atomic mass is 9.91. The number of benzene rings is 1. The lowest BCUT2D eigenvalue weighted by Gasteiger charge is -2.33. The molecule has 1 aliphatic heterocycles. The van der Waals surface area contributed by atoms with E-state index in [2.05, 4.69) is 11.8 Å². The number of nitrogens with two attached hydrogens (primary N) is 1. The van der Waals surface area contributed by atoms with Crippen LogP contribution in [0.1, 0.15) is 25.3 Å². The van der Waals surface area contributed by atoms with Gasteiger partial charge in [-0.05, 0) is 56.5 Å². The smallest absolute Gasteiger partial charge is 0.175 e. The summed E-state index contributed by atoms with van der Waals surface area (Å²) in [6.07, 6.45) is 3.54. The maximum absolute atomic E-state index is 11.4. The van der Waals surface area contributed by atoms with Crippen LogP contribution in [0, 0.1) is 5.92 Å². The van der Waals surface area contributed by atoms with Gasteiger partial charge in [0.25, 0.3) is 0 Å². The van der Waals surface area contributed by atoms with E-state index in [4.69, 9.17) is 5.73 Å². The quantitative estimate of drug-likeness (QED) is 0.916. The molecule has 2 rings (SSSR count). The summed E-state index contributed by atoms with van der Waals surface area (Å²) in [5.41, 5.74) is 7.11. The SMILES string of the molecule is CC(N)C1CCN(Cc2ccc(S(C)(=O)=O)cc2)CC1.Cl. The van der Waals surface area contributed by atoms with E-state index in [1.54, 1.807) is 12.1 Å². The molecule has 1 aromatic rings. The average Bonchev–Trinajstić information content (AvgIpc) is 2.39. The first-order chi connectivity index (χ1) is 9.36. The molecule has 1 atom stereocenters. The second kappa shape index (κ2) is 7.58. The number of piperidine rings is 1. The van der Waals surface area contributed by atoms with Gasteiger partial charge in [-0.3, -0.25) is 4.90 Å². The van der Waals surface area contributed by atoms with Crippen LogP contribution in [0.25, 0.3) is 0 Å². The Hall–Kier alpha value is -0.620. The number of hydrogen-bond acceptors (Lipinski definition) is 4. The lowest BCUT2D eigenvalue weighted by molar-refractivity contribution is 0.165. The van der Waals surface area contributed by atoms with Crippen molar-refractivity contribution >= 4 is 22.2 Å². The second-order valence-electron chi connectivity index (χ2n) is 5.89. The fraction of sp³-hybridized carbons (Fsp3) is 0.600. The fourth-order valence-corrected chi connectivity index (χ4v) is 3.37. The van der Waals surface area contributed by atoms with Crippen molar-refractivity contribution in [3.63, 3.8) is 0 Å². The van der Waals surface area contributed by atoms with E-state index >= 15 is 0 Å². The van der Waals surface area contributed by atoms with E-state index in [1.165, 1.54) is 6.26 Å². The van der Waals surface area contributed by atoms with Crippen molar-refractivity contribution in [3.8, 4) is 0 Å². The molecule has 0 radical (unpaired) electrons. The molecule has 0 amide bonds. The molecule has 1 aromatic carbocycles. The van der Waals surface area contributed by atoms with Crippen LogP contribution in [-0.2, 0) is 16.4 Å². The van der Waals surface area contributed by atoms with E-state index in [9.17, 15) is 8.42 Å². The average molecular weight is 333 g/mol. The minimum absolute atomic E-state index is 0. The van der Waals surface area contributed by atoms with Crippen LogP contribution >= 0.6 is 12.4 Å². The zero-order valence-electron chi connectivity index (χ0n) is 12.7. The van der Waals surface area contributed by atoms with Crippen LogP contribution in [0.5, 0.6) is 0 Å². The first-order valence-electron chi connectivity index (χ1n) is 7.13. The number of hydrogen-bond donors (Lipinski definition) is 1. The molecule has 6 heteroatoms. The highest BCUT2D eigenvalue weighted by Gasteiger charge is 2.21. The predicted molar refractivity (Wildman–Crippen MR) is 88.5 cm³/mol. The third-order valence-corrected chi connectivity index (χ3v) is 5.26. The Bertz CT molecular complexity index is 535. The van der Waals surface area contributed by atoms with Gasteiger partial charge in [-0.15, -0.1) is 12.4 Å². The molecule has 120 valence electrons. The van der Waals surface area contributed by atoms with Gasteiger partial charge < -0.3 is 5.73 Å². The van der Waals surface area contributed by atoms with Gasteiger partial charge in [0.1, 0.15) is 0 Å². The molecule has 2 N–H and O–H groups in total. The maximum Gasteiger partial charge on any atom is 0.175 e. The summed E-state index contributed by atoms with van der Waals surface area (Å²) in [6.45, 7) is 5.11. The van der Waals surface area contributed by atoms with Gasteiger partial charge in [0, 0.05) is 18.8 Å². The number of sulfone groups is 1. The normalized spacial score (nSPS) is 19.0. The highest BCUT2D eigenvalue weighted by molar-refractivity contribution is 7.90. The number of likely N-dealkylation sites (tertiary alicyclic amines) is 1. The number of rotatable bonds is 4. The fourth-order valence-electron chi connectivity index (χ4n) is 2.74. The molecule has 0 aliphatic carbocycles. The van der Waals surface area contributed by atoms with Crippen LogP contribution in [0.15, 0.2) is 29.2 Å². The summed E-state index contributed by atoms with van der Waals surface area (Å²) in [5, 5.41) is 0. The number of halogens is 1. The molecule has 1 fully saturated rings. The molecule has 0 saturated carbocycles. The molecule has 4 nitrogen and oxygen atoms in total. The molecule has 1 heterocycles. The highest BCUT2D eigenvalue weighted by Crippen LogP contribution is 2.21. The van der Waals surface area contributed by atoms with Crippen molar-refractivity contribution in [2.75, 3.05) is 19.3 Å². The third kappa shape index (κ3) is 5.25. The Morgan fingerprint density at radius 2 is 1.76 bits per heavy atom. The van der Waals surface area contributed by atoms with Crippen molar-refractivity contribution in [1.29, 1.82) is 0 Å². The standard InChI is InChI=1S/C15H24N2O2S.ClH/c1-12(16)14-7-9-17(10-8-14)11-13-3-5-15(6-4-13)20(2,18)19;/h3-6,12,14H,7-11,16H2,1-2H3;1H. The Labute approximate surface area is 134 Å². The minimum atomic E-state index is -3.10. The van der Waals surface area contributed by atoms with Gasteiger partial charge in [0.2, 0.25) is 0 Å².